The summed E-state index contributed by atoms with van der Waals surface area (Å²) in [6.07, 6.45) is 1.90. The molecule has 0 bridgehead atoms. The van der Waals surface area contributed by atoms with E-state index in [2.05, 4.69) is 36.5 Å². The van der Waals surface area contributed by atoms with Gasteiger partial charge in [0.1, 0.15) is 5.75 Å². The number of benzene rings is 1. The second-order valence-corrected chi connectivity index (χ2v) is 5.69. The number of ether oxygens (including phenoxy) is 1. The van der Waals surface area contributed by atoms with Crippen LogP contribution in [0.3, 0.4) is 0 Å². The maximum absolute atomic E-state index is 5.43. The highest BCUT2D eigenvalue weighted by Gasteiger charge is 2.13. The van der Waals surface area contributed by atoms with E-state index in [0.29, 0.717) is 11.7 Å². The molecule has 124 valence electrons. The SMILES string of the molecule is CCOc1ccc(NC(=S)N[C@@H](C)c2cnn(CC)c2C)cc1. The van der Waals surface area contributed by atoms with Crippen molar-refractivity contribution in [2.45, 2.75) is 40.3 Å². The van der Waals surface area contributed by atoms with Gasteiger partial charge in [-0.2, -0.15) is 5.10 Å². The fourth-order valence-electron chi connectivity index (χ4n) is 2.45. The van der Waals surface area contributed by atoms with Crippen LogP contribution < -0.4 is 15.4 Å². The Balaban J connectivity index is 1.94. The van der Waals surface area contributed by atoms with Gasteiger partial charge in [-0.3, -0.25) is 4.68 Å². The third-order valence-electron chi connectivity index (χ3n) is 3.68. The minimum Gasteiger partial charge on any atom is -0.494 e. The largest absolute Gasteiger partial charge is 0.494 e. The molecule has 1 heterocycles. The highest BCUT2D eigenvalue weighted by atomic mass is 32.1. The summed E-state index contributed by atoms with van der Waals surface area (Å²) in [4.78, 5) is 0. The quantitative estimate of drug-likeness (QED) is 0.791. The van der Waals surface area contributed by atoms with Crippen LogP contribution in [0.25, 0.3) is 0 Å². The Kier molecular flexibility index (Phi) is 5.98. The molecule has 2 aromatic rings. The molecule has 0 spiro atoms. The molecule has 0 saturated carbocycles. The fourth-order valence-corrected chi connectivity index (χ4v) is 2.74. The minimum atomic E-state index is 0.0954. The number of aromatic nitrogens is 2. The molecule has 0 fully saturated rings. The Morgan fingerprint density at radius 3 is 2.57 bits per heavy atom. The van der Waals surface area contributed by atoms with Gasteiger partial charge in [0.15, 0.2) is 5.11 Å². The standard InChI is InChI=1S/C17H24N4OS/c1-5-21-13(4)16(11-18-21)12(3)19-17(23)20-14-7-9-15(10-8-14)22-6-2/h7-12H,5-6H2,1-4H3,(H2,19,20,23)/t12-/m0/s1. The molecule has 0 radical (unpaired) electrons. The Hall–Kier alpha value is -2.08. The van der Waals surface area contributed by atoms with Crippen molar-refractivity contribution >= 4 is 23.0 Å². The molecule has 5 nitrogen and oxygen atoms in total. The monoisotopic (exact) mass is 332 g/mol. The van der Waals surface area contributed by atoms with E-state index in [-0.39, 0.29) is 6.04 Å². The number of thiocarbonyl (C=S) groups is 1. The van der Waals surface area contributed by atoms with Crippen LogP contribution in [0.1, 0.15) is 38.1 Å². The molecular weight excluding hydrogens is 308 g/mol. The van der Waals surface area contributed by atoms with E-state index in [1.807, 2.05) is 42.1 Å². The molecule has 2 rings (SSSR count). The van der Waals surface area contributed by atoms with Crippen LogP contribution in [0.15, 0.2) is 30.5 Å². The molecule has 1 atom stereocenters. The van der Waals surface area contributed by atoms with E-state index in [1.54, 1.807) is 0 Å². The molecular formula is C17H24N4OS. The van der Waals surface area contributed by atoms with E-state index < -0.39 is 0 Å². The smallest absolute Gasteiger partial charge is 0.171 e. The lowest BCUT2D eigenvalue weighted by Gasteiger charge is -2.17. The molecule has 0 unspecified atom stereocenters. The second kappa shape index (κ2) is 7.97. The van der Waals surface area contributed by atoms with Gasteiger partial charge in [-0.05, 0) is 64.2 Å². The van der Waals surface area contributed by atoms with Crippen molar-refractivity contribution in [3.63, 3.8) is 0 Å². The van der Waals surface area contributed by atoms with Gasteiger partial charge in [0, 0.05) is 23.5 Å². The van der Waals surface area contributed by atoms with Gasteiger partial charge in [0.2, 0.25) is 0 Å². The molecule has 6 heteroatoms. The van der Waals surface area contributed by atoms with Crippen LogP contribution in [-0.2, 0) is 6.54 Å². The average molecular weight is 332 g/mol. The van der Waals surface area contributed by atoms with Gasteiger partial charge in [-0.25, -0.2) is 0 Å². The summed E-state index contributed by atoms with van der Waals surface area (Å²) < 4.78 is 7.41. The summed E-state index contributed by atoms with van der Waals surface area (Å²) in [5.41, 5.74) is 3.25. The summed E-state index contributed by atoms with van der Waals surface area (Å²) in [7, 11) is 0. The summed E-state index contributed by atoms with van der Waals surface area (Å²) in [6, 6.07) is 7.84. The zero-order valence-corrected chi connectivity index (χ0v) is 14.9. The van der Waals surface area contributed by atoms with Crippen molar-refractivity contribution in [1.29, 1.82) is 0 Å². The van der Waals surface area contributed by atoms with Gasteiger partial charge >= 0.3 is 0 Å². The van der Waals surface area contributed by atoms with Crippen molar-refractivity contribution < 1.29 is 4.74 Å². The normalized spacial score (nSPS) is 11.8. The van der Waals surface area contributed by atoms with Gasteiger partial charge in [-0.15, -0.1) is 0 Å². The molecule has 0 aliphatic carbocycles. The zero-order valence-electron chi connectivity index (χ0n) is 14.1. The van der Waals surface area contributed by atoms with Gasteiger partial charge in [0.25, 0.3) is 0 Å². The molecule has 0 amide bonds. The fraction of sp³-hybridized carbons (Fsp3) is 0.412. The van der Waals surface area contributed by atoms with Crippen LogP contribution in [0.5, 0.6) is 5.75 Å². The van der Waals surface area contributed by atoms with Gasteiger partial charge < -0.3 is 15.4 Å². The molecule has 0 aliphatic heterocycles. The lowest BCUT2D eigenvalue weighted by molar-refractivity contribution is 0.340. The van der Waals surface area contributed by atoms with Crippen LogP contribution in [0.4, 0.5) is 5.69 Å². The first kappa shape index (κ1) is 17.3. The van der Waals surface area contributed by atoms with Gasteiger partial charge in [0.05, 0.1) is 18.8 Å². The van der Waals surface area contributed by atoms with Gasteiger partial charge in [-0.1, -0.05) is 0 Å². The Labute approximate surface area is 143 Å². The number of nitrogens with zero attached hydrogens (tertiary/aromatic N) is 2. The summed E-state index contributed by atoms with van der Waals surface area (Å²) in [6.45, 7) is 9.74. The van der Waals surface area contributed by atoms with Crippen molar-refractivity contribution in [3.05, 3.63) is 41.7 Å². The minimum absolute atomic E-state index is 0.0954. The van der Waals surface area contributed by atoms with E-state index in [0.717, 1.165) is 29.2 Å². The Bertz CT molecular complexity index is 651. The van der Waals surface area contributed by atoms with Crippen LogP contribution >= 0.6 is 12.2 Å². The maximum Gasteiger partial charge on any atom is 0.171 e. The van der Waals surface area contributed by atoms with Crippen LogP contribution in [0, 0.1) is 6.92 Å². The van der Waals surface area contributed by atoms with Crippen LogP contribution in [0.2, 0.25) is 0 Å². The molecule has 2 N–H and O–H groups in total. The van der Waals surface area contributed by atoms with E-state index in [1.165, 1.54) is 0 Å². The summed E-state index contributed by atoms with van der Waals surface area (Å²) >= 11 is 5.39. The zero-order chi connectivity index (χ0) is 16.8. The van der Waals surface area contributed by atoms with E-state index >= 15 is 0 Å². The predicted molar refractivity (Wildman–Crippen MR) is 98.0 cm³/mol. The Morgan fingerprint density at radius 2 is 2.00 bits per heavy atom. The third kappa shape index (κ3) is 4.45. The number of rotatable bonds is 6. The first-order valence-electron chi connectivity index (χ1n) is 7.87. The van der Waals surface area contributed by atoms with Crippen molar-refractivity contribution in [1.82, 2.24) is 15.1 Å². The van der Waals surface area contributed by atoms with Crippen molar-refractivity contribution in [3.8, 4) is 5.75 Å². The second-order valence-electron chi connectivity index (χ2n) is 5.28. The predicted octanol–water partition coefficient (Wildman–Crippen LogP) is 3.66. The molecule has 0 saturated heterocycles. The van der Waals surface area contributed by atoms with Crippen molar-refractivity contribution in [2.24, 2.45) is 0 Å². The number of nitrogens with one attached hydrogen (secondary N) is 2. The number of anilines is 1. The average Bonchev–Trinajstić information content (AvgIpc) is 2.90. The van der Waals surface area contributed by atoms with E-state index in [9.17, 15) is 0 Å². The topological polar surface area (TPSA) is 51.1 Å². The number of hydrogen-bond acceptors (Lipinski definition) is 3. The third-order valence-corrected chi connectivity index (χ3v) is 3.90. The number of aryl methyl sites for hydroxylation is 1. The molecule has 0 aliphatic rings. The molecule has 1 aromatic carbocycles. The summed E-state index contributed by atoms with van der Waals surface area (Å²) in [5, 5.41) is 11.4. The summed E-state index contributed by atoms with van der Waals surface area (Å²) in [5.74, 6) is 0.855. The van der Waals surface area contributed by atoms with E-state index in [4.69, 9.17) is 17.0 Å². The molecule has 23 heavy (non-hydrogen) atoms. The highest BCUT2D eigenvalue weighted by Crippen LogP contribution is 2.18. The highest BCUT2D eigenvalue weighted by molar-refractivity contribution is 7.80. The first-order valence-corrected chi connectivity index (χ1v) is 8.28. The maximum atomic E-state index is 5.43. The Morgan fingerprint density at radius 1 is 1.30 bits per heavy atom. The first-order chi connectivity index (χ1) is 11.0. The lowest BCUT2D eigenvalue weighted by atomic mass is 10.1. The number of hydrogen-bond donors (Lipinski definition) is 2. The molecule has 1 aromatic heterocycles. The lowest BCUT2D eigenvalue weighted by Crippen LogP contribution is -2.31. The van der Waals surface area contributed by atoms with Crippen LogP contribution in [-0.4, -0.2) is 21.5 Å². The van der Waals surface area contributed by atoms with Crippen molar-refractivity contribution in [2.75, 3.05) is 11.9 Å².